The molecule has 0 aliphatic carbocycles. The summed E-state index contributed by atoms with van der Waals surface area (Å²) in [5.41, 5.74) is 3.34. The summed E-state index contributed by atoms with van der Waals surface area (Å²) in [5, 5.41) is 4.10. The molecule has 0 bridgehead atoms. The lowest BCUT2D eigenvalue weighted by molar-refractivity contribution is 0.601. The van der Waals surface area contributed by atoms with Crippen LogP contribution in [0.3, 0.4) is 0 Å². The second kappa shape index (κ2) is 7.00. The SMILES string of the molecule is Cl.O=S(=O)(Nc1cccc2c1CCNC2)c1cccc2cccnc12. The van der Waals surface area contributed by atoms with Crippen LogP contribution in [0.4, 0.5) is 5.69 Å². The van der Waals surface area contributed by atoms with Gasteiger partial charge in [0.15, 0.2) is 0 Å². The minimum absolute atomic E-state index is 0. The van der Waals surface area contributed by atoms with Gasteiger partial charge in [-0.05, 0) is 42.3 Å². The van der Waals surface area contributed by atoms with E-state index in [4.69, 9.17) is 0 Å². The molecule has 7 heteroatoms. The average Bonchev–Trinajstić information content (AvgIpc) is 2.61. The molecule has 0 amide bonds. The molecule has 2 N–H and O–H groups in total. The summed E-state index contributed by atoms with van der Waals surface area (Å²) in [6.45, 7) is 1.61. The van der Waals surface area contributed by atoms with Gasteiger partial charge in [-0.25, -0.2) is 8.42 Å². The minimum atomic E-state index is -3.71. The Morgan fingerprint density at radius 3 is 2.72 bits per heavy atom. The topological polar surface area (TPSA) is 71.1 Å². The number of aromatic nitrogens is 1. The molecule has 1 aromatic heterocycles. The first kappa shape index (κ1) is 17.7. The molecule has 0 atom stereocenters. The third kappa shape index (κ3) is 3.33. The highest BCUT2D eigenvalue weighted by atomic mass is 35.5. The molecule has 0 fully saturated rings. The molecule has 0 radical (unpaired) electrons. The lowest BCUT2D eigenvalue weighted by Crippen LogP contribution is -2.25. The number of nitrogens with zero attached hydrogens (tertiary/aromatic N) is 1. The summed E-state index contributed by atoms with van der Waals surface area (Å²) in [4.78, 5) is 4.45. The molecule has 1 aliphatic rings. The Hall–Kier alpha value is -2.15. The van der Waals surface area contributed by atoms with Crippen LogP contribution in [0.2, 0.25) is 0 Å². The van der Waals surface area contributed by atoms with Crippen molar-refractivity contribution in [1.29, 1.82) is 0 Å². The van der Waals surface area contributed by atoms with Crippen molar-refractivity contribution in [2.24, 2.45) is 0 Å². The van der Waals surface area contributed by atoms with E-state index in [1.807, 2.05) is 30.3 Å². The van der Waals surface area contributed by atoms with Crippen LogP contribution in [0.5, 0.6) is 0 Å². The molecule has 0 saturated heterocycles. The Bertz CT molecular complexity index is 1020. The zero-order valence-corrected chi connectivity index (χ0v) is 15.0. The lowest BCUT2D eigenvalue weighted by atomic mass is 9.99. The average molecular weight is 376 g/mol. The largest absolute Gasteiger partial charge is 0.312 e. The van der Waals surface area contributed by atoms with Crippen LogP contribution in [0, 0.1) is 0 Å². The van der Waals surface area contributed by atoms with Crippen molar-refractivity contribution >= 4 is 39.0 Å². The monoisotopic (exact) mass is 375 g/mol. The van der Waals surface area contributed by atoms with E-state index in [-0.39, 0.29) is 17.3 Å². The number of para-hydroxylation sites is 1. The predicted molar refractivity (Wildman–Crippen MR) is 102 cm³/mol. The highest BCUT2D eigenvalue weighted by Crippen LogP contribution is 2.27. The molecule has 4 rings (SSSR count). The van der Waals surface area contributed by atoms with Gasteiger partial charge in [0.05, 0.1) is 11.2 Å². The molecule has 0 saturated carbocycles. The van der Waals surface area contributed by atoms with Gasteiger partial charge >= 0.3 is 0 Å². The van der Waals surface area contributed by atoms with Gasteiger partial charge in [0, 0.05) is 18.1 Å². The maximum atomic E-state index is 12.9. The Morgan fingerprint density at radius 2 is 1.84 bits per heavy atom. The highest BCUT2D eigenvalue weighted by Gasteiger charge is 2.21. The van der Waals surface area contributed by atoms with E-state index in [0.717, 1.165) is 36.0 Å². The van der Waals surface area contributed by atoms with Crippen molar-refractivity contribution in [3.63, 3.8) is 0 Å². The van der Waals surface area contributed by atoms with Gasteiger partial charge in [-0.1, -0.05) is 30.3 Å². The quantitative estimate of drug-likeness (QED) is 0.738. The maximum absolute atomic E-state index is 12.9. The van der Waals surface area contributed by atoms with E-state index in [1.54, 1.807) is 24.4 Å². The van der Waals surface area contributed by atoms with Crippen molar-refractivity contribution in [3.05, 3.63) is 65.9 Å². The van der Waals surface area contributed by atoms with Crippen molar-refractivity contribution in [1.82, 2.24) is 10.3 Å². The summed E-state index contributed by atoms with van der Waals surface area (Å²) in [7, 11) is -3.71. The molecular formula is C18H18ClN3O2S. The van der Waals surface area contributed by atoms with E-state index in [2.05, 4.69) is 15.0 Å². The maximum Gasteiger partial charge on any atom is 0.264 e. The van der Waals surface area contributed by atoms with Gasteiger partial charge in [-0.3, -0.25) is 9.71 Å². The van der Waals surface area contributed by atoms with Crippen LogP contribution in [0.1, 0.15) is 11.1 Å². The zero-order chi connectivity index (χ0) is 16.6. The number of anilines is 1. The van der Waals surface area contributed by atoms with E-state index in [9.17, 15) is 8.42 Å². The Morgan fingerprint density at radius 1 is 1.04 bits per heavy atom. The standard InChI is InChI=1S/C18H17N3O2S.ClH/c22-24(23,17-8-2-4-13-6-3-10-20-18(13)17)21-16-7-1-5-14-12-19-11-9-15(14)16;/h1-8,10,19,21H,9,11-12H2;1H. The number of rotatable bonds is 3. The molecule has 25 heavy (non-hydrogen) atoms. The fourth-order valence-corrected chi connectivity index (χ4v) is 4.39. The molecule has 0 unspecified atom stereocenters. The third-order valence-corrected chi connectivity index (χ3v) is 5.67. The number of hydrogen-bond acceptors (Lipinski definition) is 4. The number of halogens is 1. The molecule has 0 spiro atoms. The minimum Gasteiger partial charge on any atom is -0.312 e. The second-order valence-corrected chi connectivity index (χ2v) is 7.46. The summed E-state index contributed by atoms with van der Waals surface area (Å²) < 4.78 is 28.6. The predicted octanol–water partition coefficient (Wildman–Crippen LogP) is 3.10. The van der Waals surface area contributed by atoms with Crippen molar-refractivity contribution in [2.45, 2.75) is 17.9 Å². The smallest absolute Gasteiger partial charge is 0.264 e. The van der Waals surface area contributed by atoms with Gasteiger partial charge in [-0.15, -0.1) is 12.4 Å². The normalized spacial score (nSPS) is 13.8. The lowest BCUT2D eigenvalue weighted by Gasteiger charge is -2.21. The molecule has 2 aromatic carbocycles. The van der Waals surface area contributed by atoms with Crippen molar-refractivity contribution in [2.75, 3.05) is 11.3 Å². The van der Waals surface area contributed by atoms with Gasteiger partial charge in [0.1, 0.15) is 4.90 Å². The number of hydrogen-bond donors (Lipinski definition) is 2. The van der Waals surface area contributed by atoms with Gasteiger partial charge in [0.2, 0.25) is 0 Å². The van der Waals surface area contributed by atoms with Crippen LogP contribution >= 0.6 is 12.4 Å². The number of pyridine rings is 1. The number of benzene rings is 2. The van der Waals surface area contributed by atoms with Crippen LogP contribution in [-0.2, 0) is 23.0 Å². The molecule has 5 nitrogen and oxygen atoms in total. The number of sulfonamides is 1. The molecule has 1 aliphatic heterocycles. The van der Waals surface area contributed by atoms with E-state index < -0.39 is 10.0 Å². The number of nitrogens with one attached hydrogen (secondary N) is 2. The molecule has 2 heterocycles. The highest BCUT2D eigenvalue weighted by molar-refractivity contribution is 7.93. The Labute approximate surface area is 152 Å². The van der Waals surface area contributed by atoms with E-state index >= 15 is 0 Å². The van der Waals surface area contributed by atoms with Crippen LogP contribution < -0.4 is 10.0 Å². The third-order valence-electron chi connectivity index (χ3n) is 4.27. The van der Waals surface area contributed by atoms with Gasteiger partial charge < -0.3 is 5.32 Å². The first-order chi connectivity index (χ1) is 11.6. The van der Waals surface area contributed by atoms with Crippen LogP contribution in [0.15, 0.2) is 59.6 Å². The van der Waals surface area contributed by atoms with E-state index in [0.29, 0.717) is 11.2 Å². The summed E-state index contributed by atoms with van der Waals surface area (Å²) in [5.74, 6) is 0. The zero-order valence-electron chi connectivity index (χ0n) is 13.4. The second-order valence-electron chi connectivity index (χ2n) is 5.81. The fourth-order valence-electron chi connectivity index (χ4n) is 3.12. The summed E-state index contributed by atoms with van der Waals surface area (Å²) in [6.07, 6.45) is 2.42. The summed E-state index contributed by atoms with van der Waals surface area (Å²) >= 11 is 0. The Balaban J connectivity index is 0.00000182. The van der Waals surface area contributed by atoms with Gasteiger partial charge in [0.25, 0.3) is 10.0 Å². The molecule has 3 aromatic rings. The number of fused-ring (bicyclic) bond motifs is 2. The van der Waals surface area contributed by atoms with Crippen LogP contribution in [-0.4, -0.2) is 19.9 Å². The first-order valence-corrected chi connectivity index (χ1v) is 9.31. The van der Waals surface area contributed by atoms with Crippen molar-refractivity contribution < 1.29 is 8.42 Å². The van der Waals surface area contributed by atoms with E-state index in [1.165, 1.54) is 0 Å². The van der Waals surface area contributed by atoms with Crippen LogP contribution in [0.25, 0.3) is 10.9 Å². The van der Waals surface area contributed by atoms with Gasteiger partial charge in [-0.2, -0.15) is 0 Å². The summed E-state index contributed by atoms with van der Waals surface area (Å²) in [6, 6.07) is 14.6. The first-order valence-electron chi connectivity index (χ1n) is 7.83. The molecule has 130 valence electrons. The Kier molecular flexibility index (Phi) is 4.94. The van der Waals surface area contributed by atoms with Crippen molar-refractivity contribution in [3.8, 4) is 0 Å². The fraction of sp³-hybridized carbons (Fsp3) is 0.167. The molecular weight excluding hydrogens is 358 g/mol.